The fraction of sp³-hybridized carbons (Fsp3) is 0.818. The van der Waals surface area contributed by atoms with Crippen molar-refractivity contribution in [3.8, 4) is 0 Å². The van der Waals surface area contributed by atoms with Gasteiger partial charge in [0.25, 0.3) is 0 Å². The van der Waals surface area contributed by atoms with Gasteiger partial charge in [0.1, 0.15) is 0 Å². The number of imide groups is 1. The molecule has 5 N–H and O–H groups in total. The molecule has 6 nitrogen and oxygen atoms in total. The lowest BCUT2D eigenvalue weighted by Crippen LogP contribution is -2.53. The number of nitrogens with two attached hydrogens (primary N) is 2. The Morgan fingerprint density at radius 1 is 1.47 bits per heavy atom. The van der Waals surface area contributed by atoms with E-state index in [1.54, 1.807) is 6.92 Å². The van der Waals surface area contributed by atoms with Crippen LogP contribution in [-0.4, -0.2) is 42.0 Å². The number of nitrogens with one attached hydrogen (secondary N) is 1. The normalized spacial score (nSPS) is 23.1. The molecule has 0 bridgehead atoms. The molecule has 1 saturated heterocycles. The predicted octanol–water partition coefficient (Wildman–Crippen LogP) is -0.227. The number of likely N-dealkylation sites (tertiary alicyclic amines) is 1. The molecule has 2 atom stereocenters. The highest BCUT2D eigenvalue weighted by Crippen LogP contribution is 2.21. The summed E-state index contributed by atoms with van der Waals surface area (Å²) >= 11 is 0. The SMILES string of the molecule is CC(C(=O)NC(N)=O)N1CCCCC1CCN. The Morgan fingerprint density at radius 3 is 2.76 bits per heavy atom. The molecular weight excluding hydrogens is 220 g/mol. The third-order valence-electron chi connectivity index (χ3n) is 3.30. The van der Waals surface area contributed by atoms with E-state index in [0.29, 0.717) is 12.6 Å². The van der Waals surface area contributed by atoms with Crippen LogP contribution in [0.4, 0.5) is 4.79 Å². The van der Waals surface area contributed by atoms with Crippen molar-refractivity contribution in [1.82, 2.24) is 10.2 Å². The number of urea groups is 1. The van der Waals surface area contributed by atoms with E-state index < -0.39 is 6.03 Å². The Labute approximate surface area is 102 Å². The molecule has 0 aromatic heterocycles. The van der Waals surface area contributed by atoms with Crippen LogP contribution in [0.3, 0.4) is 0 Å². The molecule has 17 heavy (non-hydrogen) atoms. The molecule has 0 aromatic carbocycles. The second-order valence-electron chi connectivity index (χ2n) is 4.49. The van der Waals surface area contributed by atoms with Crippen LogP contribution in [0.25, 0.3) is 0 Å². The van der Waals surface area contributed by atoms with Crippen LogP contribution >= 0.6 is 0 Å². The maximum atomic E-state index is 11.7. The highest BCUT2D eigenvalue weighted by Gasteiger charge is 2.30. The summed E-state index contributed by atoms with van der Waals surface area (Å²) in [5.41, 5.74) is 10.5. The number of nitrogens with zero attached hydrogens (tertiary/aromatic N) is 1. The summed E-state index contributed by atoms with van der Waals surface area (Å²) in [7, 11) is 0. The van der Waals surface area contributed by atoms with Crippen molar-refractivity contribution in [3.05, 3.63) is 0 Å². The molecule has 0 aliphatic carbocycles. The average molecular weight is 242 g/mol. The second kappa shape index (κ2) is 6.56. The monoisotopic (exact) mass is 242 g/mol. The third kappa shape index (κ3) is 3.98. The van der Waals surface area contributed by atoms with Crippen molar-refractivity contribution in [3.63, 3.8) is 0 Å². The van der Waals surface area contributed by atoms with Crippen LogP contribution < -0.4 is 16.8 Å². The number of rotatable bonds is 4. The summed E-state index contributed by atoms with van der Waals surface area (Å²) in [6.45, 7) is 3.29. The number of hydrogen-bond donors (Lipinski definition) is 3. The molecule has 0 saturated carbocycles. The highest BCUT2D eigenvalue weighted by molar-refractivity contribution is 5.96. The topological polar surface area (TPSA) is 101 Å². The lowest BCUT2D eigenvalue weighted by molar-refractivity contribution is -0.126. The maximum Gasteiger partial charge on any atom is 0.318 e. The van der Waals surface area contributed by atoms with E-state index in [1.165, 1.54) is 6.42 Å². The summed E-state index contributed by atoms with van der Waals surface area (Å²) in [6.07, 6.45) is 4.19. The zero-order chi connectivity index (χ0) is 12.8. The van der Waals surface area contributed by atoms with Gasteiger partial charge in [0, 0.05) is 6.04 Å². The van der Waals surface area contributed by atoms with Crippen molar-refractivity contribution < 1.29 is 9.59 Å². The number of carbonyl (C=O) groups excluding carboxylic acids is 2. The number of amides is 3. The second-order valence-corrected chi connectivity index (χ2v) is 4.49. The molecule has 3 amide bonds. The van der Waals surface area contributed by atoms with Crippen molar-refractivity contribution in [2.75, 3.05) is 13.1 Å². The first-order chi connectivity index (χ1) is 8.06. The molecular formula is C11H22N4O2. The fourth-order valence-corrected chi connectivity index (χ4v) is 2.41. The quantitative estimate of drug-likeness (QED) is 0.634. The summed E-state index contributed by atoms with van der Waals surface area (Å²) in [6, 6.07) is -0.795. The fourth-order valence-electron chi connectivity index (χ4n) is 2.41. The lowest BCUT2D eigenvalue weighted by atomic mass is 9.97. The van der Waals surface area contributed by atoms with Crippen LogP contribution in [0.5, 0.6) is 0 Å². The van der Waals surface area contributed by atoms with Gasteiger partial charge in [0.05, 0.1) is 6.04 Å². The van der Waals surface area contributed by atoms with Gasteiger partial charge in [0.2, 0.25) is 5.91 Å². The van der Waals surface area contributed by atoms with E-state index in [1.807, 2.05) is 0 Å². The first kappa shape index (κ1) is 13.9. The predicted molar refractivity (Wildman–Crippen MR) is 65.2 cm³/mol. The minimum absolute atomic E-state index is 0.332. The van der Waals surface area contributed by atoms with E-state index in [-0.39, 0.29) is 11.9 Å². The molecule has 1 heterocycles. The van der Waals surface area contributed by atoms with Crippen molar-refractivity contribution in [2.45, 2.75) is 44.7 Å². The summed E-state index contributed by atoms with van der Waals surface area (Å²) < 4.78 is 0. The molecule has 98 valence electrons. The number of hydrogen-bond acceptors (Lipinski definition) is 4. The Kier molecular flexibility index (Phi) is 5.37. The first-order valence-corrected chi connectivity index (χ1v) is 6.12. The van der Waals surface area contributed by atoms with Gasteiger partial charge in [-0.15, -0.1) is 0 Å². The van der Waals surface area contributed by atoms with Gasteiger partial charge in [-0.05, 0) is 39.3 Å². The van der Waals surface area contributed by atoms with Crippen LogP contribution in [0.1, 0.15) is 32.6 Å². The van der Waals surface area contributed by atoms with Gasteiger partial charge in [-0.2, -0.15) is 0 Å². The van der Waals surface area contributed by atoms with E-state index in [2.05, 4.69) is 10.2 Å². The van der Waals surface area contributed by atoms with Crippen LogP contribution in [-0.2, 0) is 4.79 Å². The Morgan fingerprint density at radius 2 is 2.18 bits per heavy atom. The minimum atomic E-state index is -0.797. The van der Waals surface area contributed by atoms with Gasteiger partial charge >= 0.3 is 6.03 Å². The third-order valence-corrected chi connectivity index (χ3v) is 3.30. The van der Waals surface area contributed by atoms with Crippen molar-refractivity contribution in [1.29, 1.82) is 0 Å². The Hall–Kier alpha value is -1.14. The molecule has 2 unspecified atom stereocenters. The first-order valence-electron chi connectivity index (χ1n) is 6.12. The number of primary amides is 1. The van der Waals surface area contributed by atoms with Crippen molar-refractivity contribution in [2.24, 2.45) is 11.5 Å². The molecule has 1 rings (SSSR count). The molecule has 0 aromatic rings. The van der Waals surface area contributed by atoms with Crippen molar-refractivity contribution >= 4 is 11.9 Å². The van der Waals surface area contributed by atoms with Gasteiger partial charge in [-0.3, -0.25) is 15.0 Å². The van der Waals surface area contributed by atoms with Gasteiger partial charge in [0.15, 0.2) is 0 Å². The number of carbonyl (C=O) groups is 2. The van der Waals surface area contributed by atoms with E-state index >= 15 is 0 Å². The molecule has 0 spiro atoms. The Bertz CT molecular complexity index is 281. The largest absolute Gasteiger partial charge is 0.351 e. The summed E-state index contributed by atoms with van der Waals surface area (Å²) in [5.74, 6) is -0.332. The molecule has 1 fully saturated rings. The highest BCUT2D eigenvalue weighted by atomic mass is 16.2. The van der Waals surface area contributed by atoms with E-state index in [4.69, 9.17) is 11.5 Å². The summed E-state index contributed by atoms with van der Waals surface area (Å²) in [4.78, 5) is 24.5. The van der Waals surface area contributed by atoms with Crippen LogP contribution in [0.2, 0.25) is 0 Å². The number of piperidine rings is 1. The Balaban J connectivity index is 2.60. The minimum Gasteiger partial charge on any atom is -0.351 e. The van der Waals surface area contributed by atoms with Gasteiger partial charge in [-0.1, -0.05) is 6.42 Å². The van der Waals surface area contributed by atoms with Gasteiger partial charge < -0.3 is 11.5 Å². The zero-order valence-electron chi connectivity index (χ0n) is 10.3. The van der Waals surface area contributed by atoms with Gasteiger partial charge in [-0.25, -0.2) is 4.79 Å². The average Bonchev–Trinajstić information content (AvgIpc) is 2.28. The molecule has 1 aliphatic heterocycles. The van der Waals surface area contributed by atoms with E-state index in [0.717, 1.165) is 25.8 Å². The maximum absolute atomic E-state index is 11.7. The smallest absolute Gasteiger partial charge is 0.318 e. The van der Waals surface area contributed by atoms with Crippen LogP contribution in [0, 0.1) is 0 Å². The standard InChI is InChI=1S/C11H22N4O2/c1-8(10(16)14-11(13)17)15-7-3-2-4-9(15)5-6-12/h8-9H,2-7,12H2,1H3,(H3,13,14,16,17). The zero-order valence-corrected chi connectivity index (χ0v) is 10.3. The lowest BCUT2D eigenvalue weighted by Gasteiger charge is -2.38. The molecule has 6 heteroatoms. The van der Waals surface area contributed by atoms with Crippen LogP contribution in [0.15, 0.2) is 0 Å². The molecule has 0 radical (unpaired) electrons. The molecule has 1 aliphatic rings. The summed E-state index contributed by atoms with van der Waals surface area (Å²) in [5, 5.41) is 2.13. The van der Waals surface area contributed by atoms with E-state index in [9.17, 15) is 9.59 Å².